The molecule has 158 valence electrons. The number of aromatic nitrogens is 1. The molecule has 6 nitrogen and oxygen atoms in total. The third-order valence-electron chi connectivity index (χ3n) is 4.09. The molecule has 0 aliphatic rings. The Morgan fingerprint density at radius 3 is 2.53 bits per heavy atom. The highest BCUT2D eigenvalue weighted by Crippen LogP contribution is 2.27. The molecule has 0 saturated heterocycles. The lowest BCUT2D eigenvalue weighted by molar-refractivity contribution is -0.118. The van der Waals surface area contributed by atoms with Crippen LogP contribution >= 0.6 is 23.1 Å². The summed E-state index contributed by atoms with van der Waals surface area (Å²) in [4.78, 5) is 16.6. The van der Waals surface area contributed by atoms with Crippen LogP contribution in [-0.2, 0) is 16.3 Å². The molecule has 0 bridgehead atoms. The van der Waals surface area contributed by atoms with Crippen molar-refractivity contribution >= 4 is 34.1 Å². The summed E-state index contributed by atoms with van der Waals surface area (Å²) >= 11 is 3.14. The zero-order valence-corrected chi connectivity index (χ0v) is 18.8. The number of nitrogens with zero attached hydrogens (tertiary/aromatic N) is 1. The predicted octanol–water partition coefficient (Wildman–Crippen LogP) is 4.92. The minimum atomic E-state index is -0.228. The molecule has 30 heavy (non-hydrogen) atoms. The zero-order chi connectivity index (χ0) is 21.3. The SMILES string of the molecule is COc1cc(CSCc2csc(NC(=O)COc3cccc(C)c3)n2)cc(OC)c1. The fourth-order valence-corrected chi connectivity index (χ4v) is 4.36. The summed E-state index contributed by atoms with van der Waals surface area (Å²) in [5, 5.41) is 5.32. The van der Waals surface area contributed by atoms with E-state index in [1.165, 1.54) is 11.3 Å². The highest BCUT2D eigenvalue weighted by Gasteiger charge is 2.09. The fourth-order valence-electron chi connectivity index (χ4n) is 2.66. The average Bonchev–Trinajstić information content (AvgIpc) is 3.19. The molecule has 0 unspecified atom stereocenters. The Morgan fingerprint density at radius 1 is 1.07 bits per heavy atom. The van der Waals surface area contributed by atoms with Crippen molar-refractivity contribution in [2.24, 2.45) is 0 Å². The van der Waals surface area contributed by atoms with Gasteiger partial charge in [-0.15, -0.1) is 11.3 Å². The van der Waals surface area contributed by atoms with E-state index in [4.69, 9.17) is 14.2 Å². The van der Waals surface area contributed by atoms with Crippen molar-refractivity contribution in [3.63, 3.8) is 0 Å². The third kappa shape index (κ3) is 6.67. The van der Waals surface area contributed by atoms with Gasteiger partial charge in [0.15, 0.2) is 11.7 Å². The summed E-state index contributed by atoms with van der Waals surface area (Å²) in [6.45, 7) is 1.93. The van der Waals surface area contributed by atoms with Crippen molar-refractivity contribution in [2.45, 2.75) is 18.4 Å². The Bertz CT molecular complexity index is 969. The number of thioether (sulfide) groups is 1. The predicted molar refractivity (Wildman–Crippen MR) is 122 cm³/mol. The van der Waals surface area contributed by atoms with Gasteiger partial charge in [0, 0.05) is 23.0 Å². The Labute approximate surface area is 184 Å². The number of hydrogen-bond donors (Lipinski definition) is 1. The molecule has 3 rings (SSSR count). The molecule has 0 atom stereocenters. The molecule has 8 heteroatoms. The maximum Gasteiger partial charge on any atom is 0.264 e. The van der Waals surface area contributed by atoms with E-state index in [9.17, 15) is 4.79 Å². The van der Waals surface area contributed by atoms with Crippen LogP contribution in [0, 0.1) is 6.92 Å². The molecule has 0 aliphatic carbocycles. The number of nitrogens with one attached hydrogen (secondary N) is 1. The molecule has 1 aromatic heterocycles. The molecule has 0 fully saturated rings. The van der Waals surface area contributed by atoms with Crippen LogP contribution in [0.4, 0.5) is 5.13 Å². The van der Waals surface area contributed by atoms with Crippen molar-refractivity contribution in [1.82, 2.24) is 4.98 Å². The van der Waals surface area contributed by atoms with Gasteiger partial charge in [-0.25, -0.2) is 4.98 Å². The monoisotopic (exact) mass is 444 g/mol. The largest absolute Gasteiger partial charge is 0.497 e. The van der Waals surface area contributed by atoms with E-state index in [1.807, 2.05) is 54.8 Å². The molecule has 1 N–H and O–H groups in total. The van der Waals surface area contributed by atoms with Gasteiger partial charge in [0.2, 0.25) is 0 Å². The van der Waals surface area contributed by atoms with Crippen molar-refractivity contribution < 1.29 is 19.0 Å². The summed E-state index contributed by atoms with van der Waals surface area (Å²) in [7, 11) is 3.28. The lowest BCUT2D eigenvalue weighted by Gasteiger charge is -2.08. The van der Waals surface area contributed by atoms with Gasteiger partial charge in [-0.3, -0.25) is 10.1 Å². The number of amides is 1. The summed E-state index contributed by atoms with van der Waals surface area (Å²) in [5.41, 5.74) is 3.13. The molecular formula is C22H24N2O4S2. The van der Waals surface area contributed by atoms with Gasteiger partial charge >= 0.3 is 0 Å². The van der Waals surface area contributed by atoms with Crippen LogP contribution in [0.3, 0.4) is 0 Å². The van der Waals surface area contributed by atoms with Crippen LogP contribution in [0.2, 0.25) is 0 Å². The molecule has 2 aromatic carbocycles. The molecule has 0 aliphatic heterocycles. The van der Waals surface area contributed by atoms with Gasteiger partial charge in [0.25, 0.3) is 5.91 Å². The van der Waals surface area contributed by atoms with Crippen molar-refractivity contribution in [2.75, 3.05) is 26.1 Å². The second kappa shape index (κ2) is 10.9. The second-order valence-electron chi connectivity index (χ2n) is 6.51. The normalized spacial score (nSPS) is 10.5. The van der Waals surface area contributed by atoms with E-state index in [0.717, 1.165) is 39.8 Å². The summed E-state index contributed by atoms with van der Waals surface area (Å²) in [5.74, 6) is 3.54. The number of methoxy groups -OCH3 is 2. The van der Waals surface area contributed by atoms with Gasteiger partial charge in [0.1, 0.15) is 17.2 Å². The summed E-state index contributed by atoms with van der Waals surface area (Å²) in [6.07, 6.45) is 0. The maximum atomic E-state index is 12.1. The number of benzene rings is 2. The van der Waals surface area contributed by atoms with Gasteiger partial charge in [-0.05, 0) is 42.3 Å². The van der Waals surface area contributed by atoms with E-state index in [2.05, 4.69) is 10.3 Å². The highest BCUT2D eigenvalue weighted by molar-refractivity contribution is 7.97. The van der Waals surface area contributed by atoms with Crippen molar-refractivity contribution in [3.8, 4) is 17.2 Å². The standard InChI is InChI=1S/C22H24N2O4S2/c1-15-5-4-6-18(7-15)28-11-21(25)24-22-23-17(14-30-22)13-29-12-16-8-19(26-2)10-20(9-16)27-3/h4-10,14H,11-13H2,1-3H3,(H,23,24,25). The average molecular weight is 445 g/mol. The Hall–Kier alpha value is -2.71. The molecule has 1 amide bonds. The van der Waals surface area contributed by atoms with E-state index in [0.29, 0.717) is 10.9 Å². The molecular weight excluding hydrogens is 420 g/mol. The second-order valence-corrected chi connectivity index (χ2v) is 8.35. The number of aryl methyl sites for hydroxylation is 1. The number of carbonyl (C=O) groups excluding carboxylic acids is 1. The van der Waals surface area contributed by atoms with E-state index >= 15 is 0 Å². The van der Waals surface area contributed by atoms with Gasteiger partial charge in [0.05, 0.1) is 19.9 Å². The molecule has 0 saturated carbocycles. The Balaban J connectivity index is 1.45. The molecule has 0 radical (unpaired) electrons. The topological polar surface area (TPSA) is 69.7 Å². The highest BCUT2D eigenvalue weighted by atomic mass is 32.2. The van der Waals surface area contributed by atoms with E-state index in [-0.39, 0.29) is 12.5 Å². The first-order chi connectivity index (χ1) is 14.6. The number of ether oxygens (including phenoxy) is 3. The Kier molecular flexibility index (Phi) is 7.98. The number of thiazole rings is 1. The van der Waals surface area contributed by atoms with Crippen molar-refractivity contribution in [1.29, 1.82) is 0 Å². The molecule has 0 spiro atoms. The number of rotatable bonds is 10. The Morgan fingerprint density at radius 2 is 1.83 bits per heavy atom. The minimum Gasteiger partial charge on any atom is -0.497 e. The van der Waals surface area contributed by atoms with Crippen LogP contribution in [-0.4, -0.2) is 31.7 Å². The number of carbonyl (C=O) groups is 1. The van der Waals surface area contributed by atoms with Gasteiger partial charge < -0.3 is 14.2 Å². The van der Waals surface area contributed by atoms with Crippen LogP contribution in [0.5, 0.6) is 17.2 Å². The van der Waals surface area contributed by atoms with E-state index < -0.39 is 0 Å². The smallest absolute Gasteiger partial charge is 0.264 e. The quantitative estimate of drug-likeness (QED) is 0.479. The van der Waals surface area contributed by atoms with Gasteiger partial charge in [-0.1, -0.05) is 12.1 Å². The lowest BCUT2D eigenvalue weighted by atomic mass is 10.2. The summed E-state index contributed by atoms with van der Waals surface area (Å²) in [6, 6.07) is 13.4. The fraction of sp³-hybridized carbons (Fsp3) is 0.273. The number of hydrogen-bond acceptors (Lipinski definition) is 7. The minimum absolute atomic E-state index is 0.0508. The van der Waals surface area contributed by atoms with Crippen LogP contribution in [0.1, 0.15) is 16.8 Å². The molecule has 3 aromatic rings. The van der Waals surface area contributed by atoms with Crippen LogP contribution in [0.25, 0.3) is 0 Å². The van der Waals surface area contributed by atoms with Crippen LogP contribution < -0.4 is 19.5 Å². The zero-order valence-electron chi connectivity index (χ0n) is 17.1. The first-order valence-electron chi connectivity index (χ1n) is 9.29. The molecule has 1 heterocycles. The van der Waals surface area contributed by atoms with E-state index in [1.54, 1.807) is 26.0 Å². The van der Waals surface area contributed by atoms with Crippen LogP contribution in [0.15, 0.2) is 47.8 Å². The van der Waals surface area contributed by atoms with Gasteiger partial charge in [-0.2, -0.15) is 11.8 Å². The summed E-state index contributed by atoms with van der Waals surface area (Å²) < 4.78 is 16.1. The number of anilines is 1. The first kappa shape index (κ1) is 22.0. The van der Waals surface area contributed by atoms with Crippen molar-refractivity contribution in [3.05, 3.63) is 64.7 Å². The first-order valence-corrected chi connectivity index (χ1v) is 11.3. The lowest BCUT2D eigenvalue weighted by Crippen LogP contribution is -2.20. The third-order valence-corrected chi connectivity index (χ3v) is 5.93. The maximum absolute atomic E-state index is 12.1.